The number of aryl methyl sites for hydroxylation is 2. The minimum atomic E-state index is 0.0212. The van der Waals surface area contributed by atoms with Crippen molar-refractivity contribution in [2.24, 2.45) is 0 Å². The van der Waals surface area contributed by atoms with Crippen LogP contribution in [0.25, 0.3) is 11.5 Å². The Morgan fingerprint density at radius 2 is 1.89 bits per heavy atom. The molecule has 2 atom stereocenters. The van der Waals surface area contributed by atoms with Gasteiger partial charge in [0.15, 0.2) is 5.82 Å². The molecule has 1 fully saturated rings. The number of ether oxygens (including phenoxy) is 1. The lowest BCUT2D eigenvalue weighted by atomic mass is 9.95. The summed E-state index contributed by atoms with van der Waals surface area (Å²) in [6.07, 6.45) is 3.86. The molecule has 1 N–H and O–H groups in total. The molecule has 3 heterocycles. The van der Waals surface area contributed by atoms with Crippen LogP contribution in [0.15, 0.2) is 54.7 Å². The summed E-state index contributed by atoms with van der Waals surface area (Å²) in [4.78, 5) is 13.6. The van der Waals surface area contributed by atoms with Gasteiger partial charge in [-0.3, -0.25) is 4.98 Å². The van der Waals surface area contributed by atoms with Gasteiger partial charge in [-0.05, 0) is 44.4 Å². The summed E-state index contributed by atoms with van der Waals surface area (Å²) in [7, 11) is 0. The van der Waals surface area contributed by atoms with Crippen LogP contribution in [0, 0.1) is 13.8 Å². The standard InChI is InChI=1S/C22H24N4O/c1-15-8-10-17(11-9-15)21-18(7-5-13-27-21)25-20-14-16(2)24-22(26-20)19-6-3-4-12-23-19/h3-4,6,8-12,14,18,21H,5,7,13H2,1-2H3,(H,24,25,26)/t18-,21-/m0/s1. The number of rotatable bonds is 4. The summed E-state index contributed by atoms with van der Waals surface area (Å²) >= 11 is 0. The van der Waals surface area contributed by atoms with Gasteiger partial charge in [0.25, 0.3) is 0 Å². The van der Waals surface area contributed by atoms with E-state index in [1.54, 1.807) is 6.20 Å². The van der Waals surface area contributed by atoms with Gasteiger partial charge in [-0.25, -0.2) is 9.97 Å². The van der Waals surface area contributed by atoms with Gasteiger partial charge in [0.05, 0.1) is 6.04 Å². The Hall–Kier alpha value is -2.79. The number of hydrogen-bond donors (Lipinski definition) is 1. The second-order valence-electron chi connectivity index (χ2n) is 7.03. The highest BCUT2D eigenvalue weighted by atomic mass is 16.5. The summed E-state index contributed by atoms with van der Waals surface area (Å²) < 4.78 is 6.12. The second-order valence-corrected chi connectivity index (χ2v) is 7.03. The predicted molar refractivity (Wildman–Crippen MR) is 107 cm³/mol. The van der Waals surface area contributed by atoms with Crippen LogP contribution in [0.2, 0.25) is 0 Å². The van der Waals surface area contributed by atoms with Crippen LogP contribution in [0.3, 0.4) is 0 Å². The van der Waals surface area contributed by atoms with Crippen LogP contribution in [-0.2, 0) is 4.74 Å². The maximum absolute atomic E-state index is 6.12. The first kappa shape index (κ1) is 17.6. The molecule has 27 heavy (non-hydrogen) atoms. The highest BCUT2D eigenvalue weighted by molar-refractivity contribution is 5.53. The molecule has 1 aromatic carbocycles. The van der Waals surface area contributed by atoms with Crippen LogP contribution < -0.4 is 5.32 Å². The highest BCUT2D eigenvalue weighted by Gasteiger charge is 2.28. The maximum atomic E-state index is 6.12. The number of aromatic nitrogens is 3. The van der Waals surface area contributed by atoms with E-state index in [2.05, 4.69) is 46.5 Å². The van der Waals surface area contributed by atoms with Crippen molar-refractivity contribution in [2.45, 2.75) is 38.8 Å². The molecule has 0 radical (unpaired) electrons. The molecule has 5 nitrogen and oxygen atoms in total. The molecule has 5 heteroatoms. The van der Waals surface area contributed by atoms with E-state index in [-0.39, 0.29) is 12.1 Å². The Kier molecular flexibility index (Phi) is 5.12. The summed E-state index contributed by atoms with van der Waals surface area (Å²) in [6, 6.07) is 16.5. The number of nitrogens with zero attached hydrogens (tertiary/aromatic N) is 3. The Bertz CT molecular complexity index is 896. The van der Waals surface area contributed by atoms with Crippen LogP contribution in [-0.4, -0.2) is 27.6 Å². The normalized spacial score (nSPS) is 19.6. The van der Waals surface area contributed by atoms with Crippen LogP contribution in [0.5, 0.6) is 0 Å². The molecule has 0 amide bonds. The van der Waals surface area contributed by atoms with E-state index in [9.17, 15) is 0 Å². The summed E-state index contributed by atoms with van der Waals surface area (Å²) in [5.74, 6) is 1.46. The summed E-state index contributed by atoms with van der Waals surface area (Å²) in [5, 5.41) is 3.59. The zero-order chi connectivity index (χ0) is 18.6. The molecule has 0 bridgehead atoms. The lowest BCUT2D eigenvalue weighted by Gasteiger charge is -2.33. The minimum absolute atomic E-state index is 0.0212. The van der Waals surface area contributed by atoms with Crippen LogP contribution >= 0.6 is 0 Å². The van der Waals surface area contributed by atoms with Crippen LogP contribution in [0.4, 0.5) is 5.82 Å². The third-order valence-electron chi connectivity index (χ3n) is 4.81. The van der Waals surface area contributed by atoms with Crippen molar-refractivity contribution < 1.29 is 4.74 Å². The van der Waals surface area contributed by atoms with Crippen molar-refractivity contribution in [2.75, 3.05) is 11.9 Å². The number of anilines is 1. The van der Waals surface area contributed by atoms with Crippen molar-refractivity contribution in [3.05, 3.63) is 71.5 Å². The summed E-state index contributed by atoms with van der Waals surface area (Å²) in [6.45, 7) is 4.87. The smallest absolute Gasteiger partial charge is 0.180 e. The van der Waals surface area contributed by atoms with Gasteiger partial charge < -0.3 is 10.1 Å². The molecular formula is C22H24N4O. The van der Waals surface area contributed by atoms with Crippen molar-refractivity contribution in [3.8, 4) is 11.5 Å². The molecular weight excluding hydrogens is 336 g/mol. The molecule has 0 spiro atoms. The molecule has 2 aromatic heterocycles. The maximum Gasteiger partial charge on any atom is 0.180 e. The first-order chi connectivity index (χ1) is 13.2. The Morgan fingerprint density at radius 3 is 2.67 bits per heavy atom. The van der Waals surface area contributed by atoms with Crippen molar-refractivity contribution in [1.82, 2.24) is 15.0 Å². The molecule has 3 aromatic rings. The first-order valence-corrected chi connectivity index (χ1v) is 9.41. The second kappa shape index (κ2) is 7.84. The van der Waals surface area contributed by atoms with E-state index in [1.165, 1.54) is 11.1 Å². The SMILES string of the molecule is Cc1ccc([C@@H]2OCCC[C@@H]2Nc2cc(C)nc(-c3ccccn3)n2)cc1. The topological polar surface area (TPSA) is 59.9 Å². The number of hydrogen-bond acceptors (Lipinski definition) is 5. The highest BCUT2D eigenvalue weighted by Crippen LogP contribution is 2.31. The molecule has 1 aliphatic heterocycles. The van der Waals surface area contributed by atoms with E-state index in [1.807, 2.05) is 31.2 Å². The molecule has 4 rings (SSSR count). The number of pyridine rings is 1. The van der Waals surface area contributed by atoms with Crippen molar-refractivity contribution >= 4 is 5.82 Å². The Balaban J connectivity index is 1.60. The third-order valence-corrected chi connectivity index (χ3v) is 4.81. The first-order valence-electron chi connectivity index (χ1n) is 9.41. The number of nitrogens with one attached hydrogen (secondary N) is 1. The molecule has 0 saturated carbocycles. The zero-order valence-electron chi connectivity index (χ0n) is 15.7. The summed E-state index contributed by atoms with van der Waals surface area (Å²) in [5.41, 5.74) is 4.15. The lowest BCUT2D eigenvalue weighted by molar-refractivity contribution is 0.00555. The molecule has 1 aliphatic rings. The van der Waals surface area contributed by atoms with E-state index >= 15 is 0 Å². The fourth-order valence-corrected chi connectivity index (χ4v) is 3.46. The van der Waals surface area contributed by atoms with Gasteiger partial charge in [0, 0.05) is 24.6 Å². The third kappa shape index (κ3) is 4.14. The Morgan fingerprint density at radius 1 is 1.04 bits per heavy atom. The van der Waals surface area contributed by atoms with Gasteiger partial charge >= 0.3 is 0 Å². The molecule has 0 aliphatic carbocycles. The van der Waals surface area contributed by atoms with Gasteiger partial charge in [0.2, 0.25) is 0 Å². The van der Waals surface area contributed by atoms with E-state index in [4.69, 9.17) is 9.72 Å². The van der Waals surface area contributed by atoms with E-state index in [0.717, 1.165) is 36.7 Å². The minimum Gasteiger partial charge on any atom is -0.371 e. The zero-order valence-corrected chi connectivity index (χ0v) is 15.7. The van der Waals surface area contributed by atoms with Crippen molar-refractivity contribution in [1.29, 1.82) is 0 Å². The molecule has 1 saturated heterocycles. The van der Waals surface area contributed by atoms with Gasteiger partial charge in [-0.2, -0.15) is 0 Å². The van der Waals surface area contributed by atoms with Gasteiger partial charge in [0.1, 0.15) is 17.6 Å². The average Bonchev–Trinajstić information content (AvgIpc) is 2.69. The molecule has 138 valence electrons. The van der Waals surface area contributed by atoms with Crippen molar-refractivity contribution in [3.63, 3.8) is 0 Å². The fourth-order valence-electron chi connectivity index (χ4n) is 3.46. The Labute approximate surface area is 159 Å². The van der Waals surface area contributed by atoms with E-state index in [0.29, 0.717) is 5.82 Å². The largest absolute Gasteiger partial charge is 0.371 e. The quantitative estimate of drug-likeness (QED) is 0.743. The molecule has 0 unspecified atom stereocenters. The van der Waals surface area contributed by atoms with Gasteiger partial charge in [-0.15, -0.1) is 0 Å². The predicted octanol–water partition coefficient (Wildman–Crippen LogP) is 4.49. The van der Waals surface area contributed by atoms with Crippen LogP contribution in [0.1, 0.15) is 35.8 Å². The number of benzene rings is 1. The van der Waals surface area contributed by atoms with Gasteiger partial charge in [-0.1, -0.05) is 35.9 Å². The average molecular weight is 360 g/mol. The lowest BCUT2D eigenvalue weighted by Crippen LogP contribution is -2.34. The monoisotopic (exact) mass is 360 g/mol. The fraction of sp³-hybridized carbons (Fsp3) is 0.318. The van der Waals surface area contributed by atoms with E-state index < -0.39 is 0 Å².